The maximum absolute atomic E-state index is 12.8. The Bertz CT molecular complexity index is 637. The largest absolute Gasteiger partial charge is 0.378 e. The van der Waals surface area contributed by atoms with Gasteiger partial charge >= 0.3 is 5.69 Å². The molecule has 1 unspecified atom stereocenters. The highest BCUT2D eigenvalue weighted by atomic mass is 19.1. The molecule has 6 nitrogen and oxygen atoms in total. The summed E-state index contributed by atoms with van der Waals surface area (Å²) in [6.45, 7) is 3.41. The molecule has 0 spiro atoms. The first-order valence-corrected chi connectivity index (χ1v) is 6.13. The zero-order valence-corrected chi connectivity index (χ0v) is 11.2. The first-order chi connectivity index (χ1) is 9.40. The van der Waals surface area contributed by atoms with E-state index in [-0.39, 0.29) is 23.4 Å². The smallest absolute Gasteiger partial charge is 0.333 e. The molecule has 1 atom stereocenters. The van der Waals surface area contributed by atoms with E-state index in [1.54, 1.807) is 19.1 Å². The summed E-state index contributed by atoms with van der Waals surface area (Å²) in [5, 5.41) is 15.0. The Kier molecular flexibility index (Phi) is 3.69. The molecule has 0 aliphatic carbocycles. The van der Waals surface area contributed by atoms with Crippen LogP contribution in [0, 0.1) is 22.9 Å². The number of hydrogen-bond donors (Lipinski definition) is 1. The van der Waals surface area contributed by atoms with E-state index in [1.165, 1.54) is 16.8 Å². The van der Waals surface area contributed by atoms with E-state index < -0.39 is 4.92 Å². The number of benzene rings is 1. The second kappa shape index (κ2) is 5.28. The van der Waals surface area contributed by atoms with Crippen molar-refractivity contribution in [3.05, 3.63) is 51.5 Å². The quantitative estimate of drug-likeness (QED) is 0.688. The summed E-state index contributed by atoms with van der Waals surface area (Å²) in [4.78, 5) is 10.4. The van der Waals surface area contributed by atoms with Crippen LogP contribution in [0.5, 0.6) is 0 Å². The van der Waals surface area contributed by atoms with Crippen LogP contribution in [-0.2, 0) is 6.42 Å². The van der Waals surface area contributed by atoms with Crippen LogP contribution in [0.1, 0.15) is 24.2 Å². The number of hydrogen-bond acceptors (Lipinski definition) is 4. The second-order valence-electron chi connectivity index (χ2n) is 4.70. The molecule has 1 aromatic heterocycles. The van der Waals surface area contributed by atoms with Crippen molar-refractivity contribution in [1.29, 1.82) is 0 Å². The van der Waals surface area contributed by atoms with Crippen molar-refractivity contribution in [1.82, 2.24) is 9.78 Å². The van der Waals surface area contributed by atoms with Crippen LogP contribution >= 0.6 is 0 Å². The van der Waals surface area contributed by atoms with Gasteiger partial charge in [0.05, 0.1) is 11.0 Å². The van der Waals surface area contributed by atoms with Gasteiger partial charge in [-0.2, -0.15) is 5.10 Å². The number of aryl methyl sites for hydroxylation is 1. The number of nitrogens with two attached hydrogens (primary N) is 1. The lowest BCUT2D eigenvalue weighted by molar-refractivity contribution is -0.384. The lowest BCUT2D eigenvalue weighted by Crippen LogP contribution is -2.13. The molecule has 20 heavy (non-hydrogen) atoms. The maximum Gasteiger partial charge on any atom is 0.333 e. The molecule has 2 rings (SSSR count). The predicted octanol–water partition coefficient (Wildman–Crippen LogP) is 2.62. The molecule has 0 fully saturated rings. The van der Waals surface area contributed by atoms with E-state index in [9.17, 15) is 14.5 Å². The van der Waals surface area contributed by atoms with Gasteiger partial charge in [0.2, 0.25) is 5.82 Å². The van der Waals surface area contributed by atoms with Crippen molar-refractivity contribution < 1.29 is 9.31 Å². The number of halogens is 1. The zero-order chi connectivity index (χ0) is 14.9. The van der Waals surface area contributed by atoms with Gasteiger partial charge in [-0.15, -0.1) is 0 Å². The molecule has 2 aromatic rings. The molecule has 0 bridgehead atoms. The second-order valence-corrected chi connectivity index (χ2v) is 4.70. The molecule has 7 heteroatoms. The van der Waals surface area contributed by atoms with Gasteiger partial charge in [0.15, 0.2) is 0 Å². The van der Waals surface area contributed by atoms with Crippen molar-refractivity contribution in [2.75, 3.05) is 5.73 Å². The fourth-order valence-corrected chi connectivity index (χ4v) is 2.17. The van der Waals surface area contributed by atoms with Gasteiger partial charge in [0.1, 0.15) is 11.5 Å². The Labute approximate surface area is 115 Å². The first-order valence-electron chi connectivity index (χ1n) is 6.13. The number of rotatable bonds is 4. The predicted molar refractivity (Wildman–Crippen MR) is 72.8 cm³/mol. The Hall–Kier alpha value is -2.44. The summed E-state index contributed by atoms with van der Waals surface area (Å²) in [5.74, 6) is -0.256. The van der Waals surface area contributed by atoms with E-state index in [1.807, 2.05) is 6.92 Å². The van der Waals surface area contributed by atoms with E-state index >= 15 is 0 Å². The Morgan fingerprint density at radius 1 is 1.45 bits per heavy atom. The molecule has 1 heterocycles. The fourth-order valence-electron chi connectivity index (χ4n) is 2.17. The SMILES string of the molecule is Cc1nn(C(C)Cc2ccc(F)cc2)c(N)c1[N+](=O)[O-]. The molecule has 1 aromatic carbocycles. The zero-order valence-electron chi connectivity index (χ0n) is 11.2. The standard InChI is InChI=1S/C13H15FN4O2/c1-8(7-10-3-5-11(14)6-4-10)17-13(15)12(18(19)20)9(2)16-17/h3-6,8H,7,15H2,1-2H3. The number of anilines is 1. The molecule has 0 saturated carbocycles. The average Bonchev–Trinajstić information content (AvgIpc) is 2.67. The third-order valence-electron chi connectivity index (χ3n) is 3.13. The molecular weight excluding hydrogens is 263 g/mol. The fraction of sp³-hybridized carbons (Fsp3) is 0.308. The molecular formula is C13H15FN4O2. The van der Waals surface area contributed by atoms with E-state index in [0.717, 1.165) is 5.56 Å². The summed E-state index contributed by atoms with van der Waals surface area (Å²) in [6.07, 6.45) is 0.558. The third-order valence-corrected chi connectivity index (χ3v) is 3.13. The Morgan fingerprint density at radius 2 is 2.05 bits per heavy atom. The minimum absolute atomic E-state index is 0.0436. The highest BCUT2D eigenvalue weighted by Crippen LogP contribution is 2.28. The van der Waals surface area contributed by atoms with Gasteiger partial charge in [-0.05, 0) is 38.0 Å². The summed E-state index contributed by atoms with van der Waals surface area (Å²) in [7, 11) is 0. The Morgan fingerprint density at radius 3 is 2.55 bits per heavy atom. The van der Waals surface area contributed by atoms with Gasteiger partial charge < -0.3 is 5.73 Å². The molecule has 0 saturated heterocycles. The summed E-state index contributed by atoms with van der Waals surface area (Å²) < 4.78 is 14.3. The molecule has 0 radical (unpaired) electrons. The highest BCUT2D eigenvalue weighted by Gasteiger charge is 2.25. The van der Waals surface area contributed by atoms with Crippen molar-refractivity contribution in [3.63, 3.8) is 0 Å². The summed E-state index contributed by atoms with van der Waals surface area (Å²) >= 11 is 0. The minimum Gasteiger partial charge on any atom is -0.378 e. The minimum atomic E-state index is -0.529. The van der Waals surface area contributed by atoms with Crippen LogP contribution in [-0.4, -0.2) is 14.7 Å². The normalized spacial score (nSPS) is 12.3. The van der Waals surface area contributed by atoms with Gasteiger partial charge in [0, 0.05) is 0 Å². The summed E-state index contributed by atoms with van der Waals surface area (Å²) in [6, 6.07) is 5.94. The van der Waals surface area contributed by atoms with Crippen LogP contribution < -0.4 is 5.73 Å². The van der Waals surface area contributed by atoms with Gasteiger partial charge in [-0.25, -0.2) is 9.07 Å². The lowest BCUT2D eigenvalue weighted by atomic mass is 10.1. The van der Waals surface area contributed by atoms with Crippen molar-refractivity contribution in [3.8, 4) is 0 Å². The van der Waals surface area contributed by atoms with Crippen LogP contribution in [0.4, 0.5) is 15.9 Å². The Balaban J connectivity index is 2.25. The lowest BCUT2D eigenvalue weighted by Gasteiger charge is -2.13. The third kappa shape index (κ3) is 2.61. The average molecular weight is 278 g/mol. The van der Waals surface area contributed by atoms with Crippen molar-refractivity contribution in [2.45, 2.75) is 26.3 Å². The number of nitrogen functional groups attached to an aromatic ring is 1. The van der Waals surface area contributed by atoms with E-state index in [0.29, 0.717) is 12.1 Å². The van der Waals surface area contributed by atoms with E-state index in [2.05, 4.69) is 5.10 Å². The number of nitrogens with zero attached hydrogens (tertiary/aromatic N) is 3. The molecule has 106 valence electrons. The van der Waals surface area contributed by atoms with Crippen LogP contribution in [0.25, 0.3) is 0 Å². The molecule has 0 amide bonds. The monoisotopic (exact) mass is 278 g/mol. The van der Waals surface area contributed by atoms with Gasteiger partial charge in [-0.3, -0.25) is 10.1 Å². The number of aromatic nitrogens is 2. The van der Waals surface area contributed by atoms with Gasteiger partial charge in [-0.1, -0.05) is 12.1 Å². The van der Waals surface area contributed by atoms with Crippen molar-refractivity contribution >= 4 is 11.5 Å². The highest BCUT2D eigenvalue weighted by molar-refractivity contribution is 5.56. The molecule has 0 aliphatic heterocycles. The molecule has 2 N–H and O–H groups in total. The molecule has 0 aliphatic rings. The van der Waals surface area contributed by atoms with Crippen LogP contribution in [0.3, 0.4) is 0 Å². The van der Waals surface area contributed by atoms with Gasteiger partial charge in [0.25, 0.3) is 0 Å². The van der Waals surface area contributed by atoms with Crippen LogP contribution in [0.2, 0.25) is 0 Å². The topological polar surface area (TPSA) is 87.0 Å². The van der Waals surface area contributed by atoms with Crippen molar-refractivity contribution in [2.24, 2.45) is 0 Å². The maximum atomic E-state index is 12.8. The van der Waals surface area contributed by atoms with E-state index in [4.69, 9.17) is 5.73 Å². The van der Waals surface area contributed by atoms with Crippen LogP contribution in [0.15, 0.2) is 24.3 Å². The first kappa shape index (κ1) is 14.0. The summed E-state index contributed by atoms with van der Waals surface area (Å²) in [5.41, 5.74) is 6.83. The number of nitro groups is 1.